The molecule has 0 saturated carbocycles. The van der Waals surface area contributed by atoms with Crippen LogP contribution in [0.5, 0.6) is 0 Å². The zero-order valence-corrected chi connectivity index (χ0v) is 20.2. The standard InChI is InChI=1S/C29H39N3O/c1-3-16-30-19-15-26-13-14-27(21-30)32(26)28(25-8-6-7-22(2)20-25)23-9-11-24(12-10-23)29(33)31-17-4-5-18-31/h3,6-11,20,24,26-28H,1,4-5,12-19,21H2,2H3. The van der Waals surface area contributed by atoms with E-state index in [2.05, 4.69) is 70.7 Å². The Hall–Kier alpha value is -2.17. The lowest BCUT2D eigenvalue weighted by atomic mass is 9.87. The van der Waals surface area contributed by atoms with Crippen LogP contribution >= 0.6 is 0 Å². The summed E-state index contributed by atoms with van der Waals surface area (Å²) in [6.07, 6.45) is 15.8. The highest BCUT2D eigenvalue weighted by Crippen LogP contribution is 2.42. The van der Waals surface area contributed by atoms with E-state index >= 15 is 0 Å². The second-order valence-corrected chi connectivity index (χ2v) is 10.4. The molecular formula is C29H39N3O. The van der Waals surface area contributed by atoms with Crippen molar-refractivity contribution in [3.8, 4) is 0 Å². The molecule has 4 aliphatic rings. The van der Waals surface area contributed by atoms with Gasteiger partial charge in [-0.3, -0.25) is 14.6 Å². The summed E-state index contributed by atoms with van der Waals surface area (Å²) in [4.78, 5) is 20.4. The number of amides is 1. The molecule has 0 N–H and O–H groups in total. The summed E-state index contributed by atoms with van der Waals surface area (Å²) >= 11 is 0. The highest BCUT2D eigenvalue weighted by molar-refractivity contribution is 5.81. The lowest BCUT2D eigenvalue weighted by Crippen LogP contribution is -2.42. The zero-order valence-electron chi connectivity index (χ0n) is 20.2. The molecule has 3 aliphatic heterocycles. The summed E-state index contributed by atoms with van der Waals surface area (Å²) in [6, 6.07) is 10.5. The summed E-state index contributed by atoms with van der Waals surface area (Å²) in [7, 11) is 0. The number of benzene rings is 1. The number of nitrogens with zero attached hydrogens (tertiary/aromatic N) is 3. The fourth-order valence-electron chi connectivity index (χ4n) is 6.52. The highest BCUT2D eigenvalue weighted by Gasteiger charge is 2.42. The van der Waals surface area contributed by atoms with E-state index in [0.29, 0.717) is 18.0 Å². The average Bonchev–Trinajstić information content (AvgIpc) is 3.45. The van der Waals surface area contributed by atoms with Crippen LogP contribution in [0.25, 0.3) is 0 Å². The monoisotopic (exact) mass is 445 g/mol. The van der Waals surface area contributed by atoms with Crippen LogP contribution in [0, 0.1) is 12.8 Å². The molecule has 0 spiro atoms. The van der Waals surface area contributed by atoms with E-state index in [1.807, 2.05) is 6.08 Å². The molecule has 176 valence electrons. The van der Waals surface area contributed by atoms with E-state index in [4.69, 9.17) is 0 Å². The van der Waals surface area contributed by atoms with Crippen molar-refractivity contribution in [3.63, 3.8) is 0 Å². The first kappa shape index (κ1) is 22.6. The largest absolute Gasteiger partial charge is 0.342 e. The van der Waals surface area contributed by atoms with Gasteiger partial charge in [0.2, 0.25) is 5.91 Å². The van der Waals surface area contributed by atoms with Gasteiger partial charge in [0.25, 0.3) is 0 Å². The van der Waals surface area contributed by atoms with Crippen LogP contribution in [0.3, 0.4) is 0 Å². The maximum absolute atomic E-state index is 13.0. The summed E-state index contributed by atoms with van der Waals surface area (Å²) in [5.74, 6) is 0.329. The summed E-state index contributed by atoms with van der Waals surface area (Å²) in [5.41, 5.74) is 4.08. The Kier molecular flexibility index (Phi) is 6.84. The first-order valence-corrected chi connectivity index (χ1v) is 13.0. The van der Waals surface area contributed by atoms with Gasteiger partial charge in [-0.15, -0.1) is 6.58 Å². The molecule has 5 rings (SSSR count). The van der Waals surface area contributed by atoms with Crippen molar-refractivity contribution in [2.75, 3.05) is 32.7 Å². The molecule has 4 atom stereocenters. The van der Waals surface area contributed by atoms with E-state index in [9.17, 15) is 4.79 Å². The number of hydrogen-bond acceptors (Lipinski definition) is 3. The van der Waals surface area contributed by atoms with Crippen molar-refractivity contribution in [3.05, 3.63) is 71.8 Å². The van der Waals surface area contributed by atoms with Crippen molar-refractivity contribution in [1.82, 2.24) is 14.7 Å². The van der Waals surface area contributed by atoms with Crippen LogP contribution in [-0.2, 0) is 4.79 Å². The Labute approximate surface area is 199 Å². The molecule has 33 heavy (non-hydrogen) atoms. The molecule has 3 saturated heterocycles. The fourth-order valence-corrected chi connectivity index (χ4v) is 6.52. The van der Waals surface area contributed by atoms with E-state index in [0.717, 1.165) is 52.0 Å². The zero-order chi connectivity index (χ0) is 22.8. The van der Waals surface area contributed by atoms with Crippen LogP contribution < -0.4 is 0 Å². The van der Waals surface area contributed by atoms with Crippen LogP contribution in [0.2, 0.25) is 0 Å². The van der Waals surface area contributed by atoms with Crippen molar-refractivity contribution in [2.45, 2.75) is 63.6 Å². The van der Waals surface area contributed by atoms with E-state index in [1.54, 1.807) is 0 Å². The molecule has 4 nitrogen and oxygen atoms in total. The quantitative estimate of drug-likeness (QED) is 0.584. The average molecular weight is 446 g/mol. The first-order valence-electron chi connectivity index (χ1n) is 13.0. The van der Waals surface area contributed by atoms with Gasteiger partial charge < -0.3 is 4.90 Å². The normalized spacial score (nSPS) is 29.1. The van der Waals surface area contributed by atoms with Crippen LogP contribution in [0.4, 0.5) is 0 Å². The second-order valence-electron chi connectivity index (χ2n) is 10.4. The number of rotatable bonds is 6. The van der Waals surface area contributed by atoms with Gasteiger partial charge in [-0.2, -0.15) is 0 Å². The molecule has 1 aromatic rings. The van der Waals surface area contributed by atoms with Gasteiger partial charge in [-0.1, -0.05) is 54.1 Å². The third kappa shape index (κ3) is 4.74. The lowest BCUT2D eigenvalue weighted by molar-refractivity contribution is -0.132. The number of carbonyl (C=O) groups is 1. The number of fused-ring (bicyclic) bond motifs is 2. The molecule has 1 aromatic carbocycles. The predicted molar refractivity (Wildman–Crippen MR) is 135 cm³/mol. The van der Waals surface area contributed by atoms with Gasteiger partial charge in [0.15, 0.2) is 0 Å². The van der Waals surface area contributed by atoms with Gasteiger partial charge in [0, 0.05) is 44.8 Å². The van der Waals surface area contributed by atoms with Crippen molar-refractivity contribution in [1.29, 1.82) is 0 Å². The molecule has 1 aliphatic carbocycles. The third-order valence-corrected chi connectivity index (χ3v) is 8.15. The maximum Gasteiger partial charge on any atom is 0.229 e. The molecule has 1 amide bonds. The molecule has 0 radical (unpaired) electrons. The van der Waals surface area contributed by atoms with Gasteiger partial charge in [-0.05, 0) is 56.6 Å². The SMILES string of the molecule is C=CCN1CCC2CCC(C1)N2C(C1=CCC(C(=O)N2CCCC2)C=C1)c1cccc(C)c1. The molecule has 4 heteroatoms. The molecular weight excluding hydrogens is 406 g/mol. The summed E-state index contributed by atoms with van der Waals surface area (Å²) in [6.45, 7) is 11.3. The highest BCUT2D eigenvalue weighted by atomic mass is 16.2. The molecule has 3 heterocycles. The van der Waals surface area contributed by atoms with Crippen LogP contribution in [0.15, 0.2) is 60.7 Å². The summed E-state index contributed by atoms with van der Waals surface area (Å²) in [5, 5.41) is 0. The third-order valence-electron chi connectivity index (χ3n) is 8.15. The Morgan fingerprint density at radius 2 is 1.97 bits per heavy atom. The smallest absolute Gasteiger partial charge is 0.229 e. The molecule has 3 fully saturated rings. The van der Waals surface area contributed by atoms with E-state index in [1.165, 1.54) is 36.0 Å². The number of hydrogen-bond donors (Lipinski definition) is 0. The Morgan fingerprint density at radius 3 is 2.70 bits per heavy atom. The predicted octanol–water partition coefficient (Wildman–Crippen LogP) is 4.89. The Bertz CT molecular complexity index is 929. The minimum absolute atomic E-state index is 0.00829. The van der Waals surface area contributed by atoms with Gasteiger partial charge >= 0.3 is 0 Å². The van der Waals surface area contributed by atoms with Crippen LogP contribution in [0.1, 0.15) is 55.7 Å². The molecule has 4 unspecified atom stereocenters. The Balaban J connectivity index is 1.42. The molecule has 0 aromatic heterocycles. The minimum atomic E-state index is 0.00829. The topological polar surface area (TPSA) is 26.8 Å². The summed E-state index contributed by atoms with van der Waals surface area (Å²) < 4.78 is 0. The first-order chi connectivity index (χ1) is 16.1. The van der Waals surface area contributed by atoms with Crippen LogP contribution in [-0.4, -0.2) is 65.4 Å². The maximum atomic E-state index is 13.0. The second kappa shape index (κ2) is 9.99. The Morgan fingerprint density at radius 1 is 1.15 bits per heavy atom. The number of allylic oxidation sites excluding steroid dienone is 1. The lowest BCUT2D eigenvalue weighted by Gasteiger charge is -2.38. The number of aryl methyl sites for hydroxylation is 1. The van der Waals surface area contributed by atoms with Crippen molar-refractivity contribution >= 4 is 5.91 Å². The number of likely N-dealkylation sites (tertiary alicyclic amines) is 2. The van der Waals surface area contributed by atoms with Gasteiger partial charge in [-0.25, -0.2) is 0 Å². The number of carbonyl (C=O) groups excluding carboxylic acids is 1. The minimum Gasteiger partial charge on any atom is -0.342 e. The molecule has 2 bridgehead atoms. The van der Waals surface area contributed by atoms with Gasteiger partial charge in [0.05, 0.1) is 12.0 Å². The van der Waals surface area contributed by atoms with Crippen molar-refractivity contribution < 1.29 is 4.79 Å². The van der Waals surface area contributed by atoms with E-state index in [-0.39, 0.29) is 12.0 Å². The fraction of sp³-hybridized carbons (Fsp3) is 0.552. The van der Waals surface area contributed by atoms with Crippen molar-refractivity contribution in [2.24, 2.45) is 5.92 Å². The van der Waals surface area contributed by atoms with E-state index < -0.39 is 0 Å². The van der Waals surface area contributed by atoms with Gasteiger partial charge in [0.1, 0.15) is 0 Å².